The first-order chi connectivity index (χ1) is 14.3. The molecule has 160 valence electrons. The van der Waals surface area contributed by atoms with E-state index in [1.165, 1.54) is 6.42 Å². The molecule has 8 heteroatoms. The fourth-order valence-electron chi connectivity index (χ4n) is 4.35. The number of hydrogen-bond acceptors (Lipinski definition) is 4. The van der Waals surface area contributed by atoms with Crippen LogP contribution in [0.5, 0.6) is 0 Å². The molecule has 1 fully saturated rings. The number of aryl methyl sites for hydroxylation is 1. The zero-order valence-electron chi connectivity index (χ0n) is 16.8. The Labute approximate surface area is 178 Å². The Morgan fingerprint density at radius 1 is 1.13 bits per heavy atom. The summed E-state index contributed by atoms with van der Waals surface area (Å²) in [6, 6.07) is 7.62. The molecule has 1 saturated carbocycles. The first-order valence-electron chi connectivity index (χ1n) is 10.3. The van der Waals surface area contributed by atoms with Gasteiger partial charge in [-0.1, -0.05) is 55.3 Å². The molecule has 1 aromatic carbocycles. The number of amides is 1. The van der Waals surface area contributed by atoms with Gasteiger partial charge < -0.3 is 4.90 Å². The predicted octanol–water partition coefficient (Wildman–Crippen LogP) is 5.14. The van der Waals surface area contributed by atoms with Crippen molar-refractivity contribution in [1.82, 2.24) is 14.9 Å². The summed E-state index contributed by atoms with van der Waals surface area (Å²) in [5.41, 5.74) is 1.32. The van der Waals surface area contributed by atoms with Gasteiger partial charge in [0.25, 0.3) is 0 Å². The third-order valence-electron chi connectivity index (χ3n) is 6.01. The molecule has 2 aliphatic carbocycles. The first kappa shape index (κ1) is 21.2. The largest absolute Gasteiger partial charge is 0.433 e. The number of alkyl halides is 3. The van der Waals surface area contributed by atoms with Crippen LogP contribution < -0.4 is 0 Å². The summed E-state index contributed by atoms with van der Waals surface area (Å²) in [5, 5.41) is 0.00294. The molecular weight excluding hydrogens is 411 g/mol. The van der Waals surface area contributed by atoms with Crippen molar-refractivity contribution in [3.05, 3.63) is 41.1 Å². The molecule has 0 spiro atoms. The molecule has 1 aromatic heterocycles. The van der Waals surface area contributed by atoms with Gasteiger partial charge in [0.1, 0.15) is 0 Å². The minimum Gasteiger partial charge on any atom is -0.342 e. The molecule has 0 unspecified atom stereocenters. The summed E-state index contributed by atoms with van der Waals surface area (Å²) in [6.45, 7) is 0. The number of halogens is 3. The van der Waals surface area contributed by atoms with Gasteiger partial charge in [0.2, 0.25) is 5.91 Å². The lowest BCUT2D eigenvalue weighted by atomic mass is 9.88. The SMILES string of the molecule is CN(C(=O)CSc1nc2c(c(C(F)(F)F)n1)CCc1ccccc1-2)C1CCCCC1. The topological polar surface area (TPSA) is 46.1 Å². The van der Waals surface area contributed by atoms with Gasteiger partial charge in [-0.25, -0.2) is 9.97 Å². The number of fused-ring (bicyclic) bond motifs is 3. The molecule has 1 heterocycles. The highest BCUT2D eigenvalue weighted by atomic mass is 32.2. The zero-order chi connectivity index (χ0) is 21.3. The summed E-state index contributed by atoms with van der Waals surface area (Å²) in [4.78, 5) is 22.6. The average Bonchev–Trinajstić information content (AvgIpc) is 2.76. The van der Waals surface area contributed by atoms with Crippen molar-refractivity contribution in [2.75, 3.05) is 12.8 Å². The van der Waals surface area contributed by atoms with E-state index in [0.29, 0.717) is 12.1 Å². The van der Waals surface area contributed by atoms with Crippen LogP contribution in [0.15, 0.2) is 29.4 Å². The minimum atomic E-state index is -4.56. The number of aromatic nitrogens is 2. The number of nitrogens with zero attached hydrogens (tertiary/aromatic N) is 3. The average molecular weight is 436 g/mol. The maximum atomic E-state index is 13.7. The monoisotopic (exact) mass is 435 g/mol. The molecule has 30 heavy (non-hydrogen) atoms. The second-order valence-electron chi connectivity index (χ2n) is 7.92. The van der Waals surface area contributed by atoms with Crippen LogP contribution >= 0.6 is 11.8 Å². The molecule has 0 atom stereocenters. The molecule has 0 aliphatic heterocycles. The Bertz CT molecular complexity index is 942. The van der Waals surface area contributed by atoms with E-state index in [4.69, 9.17) is 0 Å². The number of rotatable bonds is 4. The van der Waals surface area contributed by atoms with E-state index in [-0.39, 0.29) is 34.8 Å². The van der Waals surface area contributed by atoms with Gasteiger partial charge in [-0.15, -0.1) is 0 Å². The zero-order valence-corrected chi connectivity index (χ0v) is 17.7. The summed E-state index contributed by atoms with van der Waals surface area (Å²) in [5.74, 6) is -0.0627. The highest BCUT2D eigenvalue weighted by Gasteiger charge is 2.39. The second-order valence-corrected chi connectivity index (χ2v) is 8.86. The van der Waals surface area contributed by atoms with Crippen LogP contribution in [0.4, 0.5) is 13.2 Å². The quantitative estimate of drug-likeness (QED) is 0.493. The number of benzene rings is 1. The maximum Gasteiger partial charge on any atom is 0.433 e. The van der Waals surface area contributed by atoms with E-state index >= 15 is 0 Å². The molecule has 0 bridgehead atoms. The van der Waals surface area contributed by atoms with Gasteiger partial charge in [0.15, 0.2) is 10.9 Å². The lowest BCUT2D eigenvalue weighted by Gasteiger charge is -2.31. The van der Waals surface area contributed by atoms with E-state index in [9.17, 15) is 18.0 Å². The highest BCUT2D eigenvalue weighted by Crippen LogP contribution is 2.40. The minimum absolute atomic E-state index is 0.00294. The summed E-state index contributed by atoms with van der Waals surface area (Å²) < 4.78 is 41.2. The molecule has 0 radical (unpaired) electrons. The number of carbonyl (C=O) groups excluding carboxylic acids is 1. The van der Waals surface area contributed by atoms with Crippen LogP contribution in [0.3, 0.4) is 0 Å². The molecule has 4 rings (SSSR count). The van der Waals surface area contributed by atoms with Crippen molar-refractivity contribution in [3.8, 4) is 11.3 Å². The van der Waals surface area contributed by atoms with Crippen molar-refractivity contribution >= 4 is 17.7 Å². The molecule has 4 nitrogen and oxygen atoms in total. The van der Waals surface area contributed by atoms with Gasteiger partial charge in [-0.3, -0.25) is 4.79 Å². The van der Waals surface area contributed by atoms with E-state index in [2.05, 4.69) is 9.97 Å². The van der Waals surface area contributed by atoms with Crippen LogP contribution in [0.2, 0.25) is 0 Å². The van der Waals surface area contributed by atoms with Gasteiger partial charge in [-0.05, 0) is 31.2 Å². The third kappa shape index (κ3) is 4.33. The van der Waals surface area contributed by atoms with Crippen molar-refractivity contribution in [2.45, 2.75) is 62.3 Å². The Balaban J connectivity index is 1.59. The van der Waals surface area contributed by atoms with E-state index < -0.39 is 11.9 Å². The molecule has 1 amide bonds. The molecule has 0 N–H and O–H groups in total. The Kier molecular flexibility index (Phi) is 6.04. The van der Waals surface area contributed by atoms with Crippen molar-refractivity contribution in [2.24, 2.45) is 0 Å². The van der Waals surface area contributed by atoms with Crippen molar-refractivity contribution in [3.63, 3.8) is 0 Å². The second kappa shape index (κ2) is 8.57. The summed E-state index contributed by atoms with van der Waals surface area (Å²) >= 11 is 0.985. The van der Waals surface area contributed by atoms with Crippen LogP contribution in [0, 0.1) is 0 Å². The van der Waals surface area contributed by atoms with Gasteiger partial charge in [0.05, 0.1) is 11.4 Å². The van der Waals surface area contributed by atoms with Crippen LogP contribution in [-0.2, 0) is 23.8 Å². The van der Waals surface area contributed by atoms with Crippen LogP contribution in [0.25, 0.3) is 11.3 Å². The maximum absolute atomic E-state index is 13.7. The fraction of sp³-hybridized carbons (Fsp3) is 0.500. The molecule has 0 saturated heterocycles. The van der Waals surface area contributed by atoms with E-state index in [1.54, 1.807) is 24.1 Å². The van der Waals surface area contributed by atoms with Crippen molar-refractivity contribution < 1.29 is 18.0 Å². The molecule has 2 aromatic rings. The smallest absolute Gasteiger partial charge is 0.342 e. The van der Waals surface area contributed by atoms with E-state index in [1.807, 2.05) is 12.1 Å². The predicted molar refractivity (Wildman–Crippen MR) is 110 cm³/mol. The number of hydrogen-bond donors (Lipinski definition) is 0. The van der Waals surface area contributed by atoms with Gasteiger partial charge in [0, 0.05) is 24.2 Å². The molecular formula is C22H24F3N3OS. The van der Waals surface area contributed by atoms with Crippen LogP contribution in [-0.4, -0.2) is 39.6 Å². The fourth-order valence-corrected chi connectivity index (χ4v) is 5.12. The normalized spacial score (nSPS) is 16.7. The van der Waals surface area contributed by atoms with Gasteiger partial charge in [-0.2, -0.15) is 13.2 Å². The third-order valence-corrected chi connectivity index (χ3v) is 6.84. The Morgan fingerprint density at radius 2 is 1.87 bits per heavy atom. The van der Waals surface area contributed by atoms with Gasteiger partial charge >= 0.3 is 6.18 Å². The Morgan fingerprint density at radius 3 is 2.60 bits per heavy atom. The number of thioether (sulfide) groups is 1. The molecule has 2 aliphatic rings. The lowest BCUT2D eigenvalue weighted by Crippen LogP contribution is -2.39. The standard InChI is InChI=1S/C22H24F3N3OS/c1-28(15-8-3-2-4-9-15)18(29)13-30-21-26-19-16-10-6-5-7-14(16)11-12-17(19)20(27-21)22(23,24)25/h5-7,10,15H,2-4,8-9,11-13H2,1H3. The summed E-state index contributed by atoms with van der Waals surface area (Å²) in [7, 11) is 1.78. The summed E-state index contributed by atoms with van der Waals surface area (Å²) in [6.07, 6.45) is 1.61. The first-order valence-corrected chi connectivity index (χ1v) is 11.3. The highest BCUT2D eigenvalue weighted by molar-refractivity contribution is 7.99. The Hall–Kier alpha value is -2.09. The van der Waals surface area contributed by atoms with Crippen LogP contribution in [0.1, 0.15) is 48.9 Å². The number of carbonyl (C=O) groups is 1. The van der Waals surface area contributed by atoms with E-state index in [0.717, 1.165) is 48.6 Å². The van der Waals surface area contributed by atoms with Crippen molar-refractivity contribution in [1.29, 1.82) is 0 Å². The lowest BCUT2D eigenvalue weighted by molar-refractivity contribution is -0.142.